The van der Waals surface area contributed by atoms with Gasteiger partial charge in [0.15, 0.2) is 15.8 Å². The predicted molar refractivity (Wildman–Crippen MR) is 112 cm³/mol. The molecule has 2 unspecified atom stereocenters. The molecule has 0 spiro atoms. The molecule has 1 aliphatic heterocycles. The van der Waals surface area contributed by atoms with Crippen LogP contribution in [0.25, 0.3) is 0 Å². The molecule has 1 saturated heterocycles. The van der Waals surface area contributed by atoms with Gasteiger partial charge in [-0.25, -0.2) is 8.42 Å². The van der Waals surface area contributed by atoms with Gasteiger partial charge < -0.3 is 10.2 Å². The van der Waals surface area contributed by atoms with E-state index in [1.807, 2.05) is 11.8 Å². The number of hydrogen-bond donors (Lipinski definition) is 1. The third kappa shape index (κ3) is 6.11. The Bertz CT molecular complexity index is 623. The summed E-state index contributed by atoms with van der Waals surface area (Å²) in [6.45, 7) is 6.55. The van der Waals surface area contributed by atoms with Gasteiger partial charge in [-0.1, -0.05) is 12.8 Å². The van der Waals surface area contributed by atoms with Crippen LogP contribution >= 0.6 is 24.0 Å². The van der Waals surface area contributed by atoms with Crippen LogP contribution in [0.3, 0.4) is 0 Å². The van der Waals surface area contributed by atoms with Gasteiger partial charge in [-0.2, -0.15) is 13.2 Å². The van der Waals surface area contributed by atoms with Crippen molar-refractivity contribution in [2.45, 2.75) is 57.4 Å². The Kier molecular flexibility index (Phi) is 8.71. The summed E-state index contributed by atoms with van der Waals surface area (Å²) in [6, 6.07) is 0. The Labute approximate surface area is 177 Å². The third-order valence-corrected chi connectivity index (χ3v) is 8.02. The van der Waals surface area contributed by atoms with E-state index in [1.54, 1.807) is 13.8 Å². The van der Waals surface area contributed by atoms with E-state index >= 15 is 0 Å². The largest absolute Gasteiger partial charge is 0.392 e. The second-order valence-electron chi connectivity index (χ2n) is 7.89. The van der Waals surface area contributed by atoms with Crippen LogP contribution < -0.4 is 5.32 Å². The Morgan fingerprint density at radius 3 is 2.44 bits per heavy atom. The maximum Gasteiger partial charge on any atom is 0.392 e. The van der Waals surface area contributed by atoms with E-state index < -0.39 is 32.6 Å². The van der Waals surface area contributed by atoms with Gasteiger partial charge in [0.25, 0.3) is 0 Å². The molecule has 1 aliphatic carbocycles. The monoisotopic (exact) mass is 525 g/mol. The maximum absolute atomic E-state index is 13.3. The van der Waals surface area contributed by atoms with Crippen molar-refractivity contribution in [1.29, 1.82) is 0 Å². The van der Waals surface area contributed by atoms with Crippen molar-refractivity contribution < 1.29 is 21.6 Å². The summed E-state index contributed by atoms with van der Waals surface area (Å²) < 4.78 is 63.2. The molecule has 1 heterocycles. The van der Waals surface area contributed by atoms with Crippen molar-refractivity contribution in [2.75, 3.05) is 31.9 Å². The first-order valence-corrected chi connectivity index (χ1v) is 11.0. The summed E-state index contributed by atoms with van der Waals surface area (Å²) >= 11 is 0. The van der Waals surface area contributed by atoms with Crippen molar-refractivity contribution >= 4 is 39.8 Å². The van der Waals surface area contributed by atoms with Crippen molar-refractivity contribution in [3.63, 3.8) is 0 Å². The molecule has 160 valence electrons. The van der Waals surface area contributed by atoms with Gasteiger partial charge >= 0.3 is 6.18 Å². The maximum atomic E-state index is 13.3. The van der Waals surface area contributed by atoms with E-state index in [-0.39, 0.29) is 49.2 Å². The number of nitrogens with one attached hydrogen (secondary N) is 1. The van der Waals surface area contributed by atoms with Gasteiger partial charge in [-0.3, -0.25) is 4.99 Å². The van der Waals surface area contributed by atoms with Gasteiger partial charge in [-0.05, 0) is 39.5 Å². The van der Waals surface area contributed by atoms with E-state index in [4.69, 9.17) is 0 Å². The van der Waals surface area contributed by atoms with Gasteiger partial charge in [-0.15, -0.1) is 24.0 Å². The van der Waals surface area contributed by atoms with Crippen LogP contribution in [0.2, 0.25) is 0 Å². The van der Waals surface area contributed by atoms with Gasteiger partial charge in [0.1, 0.15) is 0 Å². The first kappa shape index (κ1) is 24.8. The van der Waals surface area contributed by atoms with E-state index in [2.05, 4.69) is 10.3 Å². The molecule has 2 atom stereocenters. The second kappa shape index (κ2) is 9.49. The van der Waals surface area contributed by atoms with Crippen LogP contribution in [0, 0.1) is 11.8 Å². The molecule has 0 aromatic heterocycles. The number of alkyl halides is 3. The summed E-state index contributed by atoms with van der Waals surface area (Å²) in [5.74, 6) is -1.25. The standard InChI is InChI=1S/C17H30F3N3O2S.HI/c1-4-21-15(23-9-10-26(24,25)16(2,3)12-23)22-11-13-7-5-6-8-14(13)17(18,19)20;/h13-14H,4-12H2,1-3H3,(H,21,22);1H. The molecule has 2 fully saturated rings. The number of guanidine groups is 1. The van der Waals surface area contributed by atoms with Gasteiger partial charge in [0, 0.05) is 26.2 Å². The third-order valence-electron chi connectivity index (χ3n) is 5.48. The lowest BCUT2D eigenvalue weighted by Gasteiger charge is -2.39. The lowest BCUT2D eigenvalue weighted by molar-refractivity contribution is -0.195. The fraction of sp³-hybridized carbons (Fsp3) is 0.941. The van der Waals surface area contributed by atoms with Crippen LogP contribution in [-0.4, -0.2) is 62.1 Å². The number of rotatable bonds is 3. The minimum Gasteiger partial charge on any atom is -0.357 e. The average molecular weight is 525 g/mol. The lowest BCUT2D eigenvalue weighted by atomic mass is 9.79. The smallest absolute Gasteiger partial charge is 0.357 e. The summed E-state index contributed by atoms with van der Waals surface area (Å²) in [5.41, 5.74) is 0. The van der Waals surface area contributed by atoms with Crippen molar-refractivity contribution in [2.24, 2.45) is 16.8 Å². The zero-order chi connectivity index (χ0) is 19.6. The zero-order valence-corrected chi connectivity index (χ0v) is 19.3. The molecule has 0 aromatic rings. The quantitative estimate of drug-likeness (QED) is 0.349. The summed E-state index contributed by atoms with van der Waals surface area (Å²) in [4.78, 5) is 6.33. The second-order valence-corrected chi connectivity index (χ2v) is 10.6. The molecule has 1 N–H and O–H groups in total. The van der Waals surface area contributed by atoms with Crippen LogP contribution in [0.15, 0.2) is 4.99 Å². The molecular weight excluding hydrogens is 494 g/mol. The van der Waals surface area contributed by atoms with Crippen molar-refractivity contribution in [3.05, 3.63) is 0 Å². The van der Waals surface area contributed by atoms with Crippen molar-refractivity contribution in [1.82, 2.24) is 10.2 Å². The molecule has 27 heavy (non-hydrogen) atoms. The molecule has 5 nitrogen and oxygen atoms in total. The fourth-order valence-electron chi connectivity index (χ4n) is 3.81. The highest BCUT2D eigenvalue weighted by Gasteiger charge is 2.45. The number of sulfone groups is 1. The topological polar surface area (TPSA) is 61.8 Å². The fourth-order valence-corrected chi connectivity index (χ4v) is 5.18. The molecule has 2 rings (SSSR count). The Hall–Kier alpha value is -0.260. The SMILES string of the molecule is CCNC(=NCC1CCCCC1C(F)(F)F)N1CCS(=O)(=O)C(C)(C)C1.I. The molecule has 0 radical (unpaired) electrons. The van der Waals surface area contributed by atoms with Gasteiger partial charge in [0.2, 0.25) is 0 Å². The molecule has 0 aromatic carbocycles. The molecule has 1 saturated carbocycles. The van der Waals surface area contributed by atoms with E-state index in [0.717, 1.165) is 6.42 Å². The highest BCUT2D eigenvalue weighted by molar-refractivity contribution is 14.0. The Morgan fingerprint density at radius 2 is 1.89 bits per heavy atom. The van der Waals surface area contributed by atoms with Crippen LogP contribution in [0.4, 0.5) is 13.2 Å². The highest BCUT2D eigenvalue weighted by atomic mass is 127. The van der Waals surface area contributed by atoms with Gasteiger partial charge in [0.05, 0.1) is 16.4 Å². The Balaban J connectivity index is 0.00000364. The number of hydrogen-bond acceptors (Lipinski definition) is 3. The minimum absolute atomic E-state index is 0. The minimum atomic E-state index is -4.18. The Morgan fingerprint density at radius 1 is 1.26 bits per heavy atom. The zero-order valence-electron chi connectivity index (χ0n) is 16.2. The van der Waals surface area contributed by atoms with E-state index in [0.29, 0.717) is 31.9 Å². The summed E-state index contributed by atoms with van der Waals surface area (Å²) in [7, 11) is -3.18. The normalized spacial score (nSPS) is 28.4. The van der Waals surface area contributed by atoms with Crippen LogP contribution in [0.5, 0.6) is 0 Å². The highest BCUT2D eigenvalue weighted by Crippen LogP contribution is 2.41. The number of halogens is 4. The molecule has 0 amide bonds. The van der Waals surface area contributed by atoms with Crippen LogP contribution in [0.1, 0.15) is 46.5 Å². The summed E-state index contributed by atoms with van der Waals surface area (Å²) in [6.07, 6.45) is -2.05. The first-order chi connectivity index (χ1) is 12.0. The first-order valence-electron chi connectivity index (χ1n) is 9.30. The van der Waals surface area contributed by atoms with Crippen LogP contribution in [-0.2, 0) is 9.84 Å². The lowest BCUT2D eigenvalue weighted by Crippen LogP contribution is -2.57. The van der Waals surface area contributed by atoms with Crippen molar-refractivity contribution in [3.8, 4) is 0 Å². The molecule has 0 bridgehead atoms. The van der Waals surface area contributed by atoms with E-state index in [1.165, 1.54) is 0 Å². The molecule has 2 aliphatic rings. The predicted octanol–water partition coefficient (Wildman–Crippen LogP) is 3.45. The summed E-state index contributed by atoms with van der Waals surface area (Å²) in [5, 5.41) is 3.11. The number of aliphatic imine (C=N–C) groups is 1. The molecular formula is C17H31F3IN3O2S. The van der Waals surface area contributed by atoms with E-state index in [9.17, 15) is 21.6 Å². The number of nitrogens with zero attached hydrogens (tertiary/aromatic N) is 2. The average Bonchev–Trinajstić information content (AvgIpc) is 2.53. The molecule has 10 heteroatoms.